The van der Waals surface area contributed by atoms with Crippen molar-refractivity contribution in [3.63, 3.8) is 0 Å². The molecule has 0 unspecified atom stereocenters. The minimum atomic E-state index is -0.447. The van der Waals surface area contributed by atoms with Crippen LogP contribution < -0.4 is 0 Å². The SMILES string of the molecule is O=C(c1ccccc1)[C@H](Br)[C@H](Cl)c1ccc(Br)cc1. The molecule has 1 nitrogen and oxygen atoms in total. The Kier molecular flexibility index (Phi) is 5.20. The van der Waals surface area contributed by atoms with E-state index in [1.54, 1.807) is 12.1 Å². The van der Waals surface area contributed by atoms with Crippen LogP contribution in [0.3, 0.4) is 0 Å². The first-order chi connectivity index (χ1) is 9.09. The van der Waals surface area contributed by atoms with Gasteiger partial charge in [0.1, 0.15) is 0 Å². The van der Waals surface area contributed by atoms with Gasteiger partial charge in [0.2, 0.25) is 0 Å². The molecule has 0 N–H and O–H groups in total. The fourth-order valence-electron chi connectivity index (χ4n) is 1.71. The molecular weight excluding hydrogens is 391 g/mol. The smallest absolute Gasteiger partial charge is 0.178 e. The van der Waals surface area contributed by atoms with Crippen LogP contribution in [0.2, 0.25) is 0 Å². The molecule has 0 aromatic heterocycles. The average molecular weight is 403 g/mol. The van der Waals surface area contributed by atoms with Crippen LogP contribution in [-0.4, -0.2) is 10.6 Å². The van der Waals surface area contributed by atoms with Gasteiger partial charge >= 0.3 is 0 Å². The Balaban J connectivity index is 2.17. The minimum Gasteiger partial charge on any atom is -0.293 e. The van der Waals surface area contributed by atoms with Crippen molar-refractivity contribution in [1.29, 1.82) is 0 Å². The summed E-state index contributed by atoms with van der Waals surface area (Å²) in [6, 6.07) is 16.8. The third-order valence-corrected chi connectivity index (χ3v) is 5.04. The van der Waals surface area contributed by atoms with Gasteiger partial charge in [0, 0.05) is 10.0 Å². The highest BCUT2D eigenvalue weighted by atomic mass is 79.9. The van der Waals surface area contributed by atoms with Gasteiger partial charge in [-0.1, -0.05) is 74.3 Å². The van der Waals surface area contributed by atoms with E-state index in [1.807, 2.05) is 42.5 Å². The van der Waals surface area contributed by atoms with E-state index in [9.17, 15) is 4.79 Å². The van der Waals surface area contributed by atoms with E-state index >= 15 is 0 Å². The average Bonchev–Trinajstić information content (AvgIpc) is 2.46. The topological polar surface area (TPSA) is 17.1 Å². The van der Waals surface area contributed by atoms with Gasteiger partial charge in [0.15, 0.2) is 5.78 Å². The molecule has 0 saturated carbocycles. The van der Waals surface area contributed by atoms with Crippen molar-refractivity contribution in [1.82, 2.24) is 0 Å². The van der Waals surface area contributed by atoms with Gasteiger partial charge in [-0.15, -0.1) is 11.6 Å². The van der Waals surface area contributed by atoms with Crippen LogP contribution in [-0.2, 0) is 0 Å². The van der Waals surface area contributed by atoms with Gasteiger partial charge in [-0.25, -0.2) is 0 Å². The number of hydrogen-bond donors (Lipinski definition) is 0. The molecule has 0 fully saturated rings. The summed E-state index contributed by atoms with van der Waals surface area (Å²) in [6.07, 6.45) is 0. The normalized spacial score (nSPS) is 13.8. The number of benzene rings is 2. The van der Waals surface area contributed by atoms with Crippen LogP contribution in [0.5, 0.6) is 0 Å². The molecule has 2 rings (SSSR count). The Bertz CT molecular complexity index is 554. The summed E-state index contributed by atoms with van der Waals surface area (Å²) in [5.41, 5.74) is 1.57. The zero-order valence-electron chi connectivity index (χ0n) is 9.89. The summed E-state index contributed by atoms with van der Waals surface area (Å²) < 4.78 is 0.987. The van der Waals surface area contributed by atoms with E-state index in [-0.39, 0.29) is 5.78 Å². The van der Waals surface area contributed by atoms with Crippen molar-refractivity contribution in [3.05, 3.63) is 70.2 Å². The molecule has 0 amide bonds. The molecule has 0 aliphatic heterocycles. The number of halogens is 3. The summed E-state index contributed by atoms with van der Waals surface area (Å²) in [5.74, 6) is -0.0106. The van der Waals surface area contributed by atoms with Crippen molar-refractivity contribution in [2.24, 2.45) is 0 Å². The summed E-state index contributed by atoms with van der Waals surface area (Å²) in [7, 11) is 0. The lowest BCUT2D eigenvalue weighted by Gasteiger charge is -2.16. The minimum absolute atomic E-state index is 0.0106. The second-order valence-corrected chi connectivity index (χ2v) is 6.46. The number of Topliss-reactive ketones (excluding diaryl/α,β-unsaturated/α-hetero) is 1. The van der Waals surface area contributed by atoms with E-state index in [0.29, 0.717) is 5.56 Å². The first kappa shape index (κ1) is 14.8. The molecule has 4 heteroatoms. The van der Waals surface area contributed by atoms with Gasteiger partial charge < -0.3 is 0 Å². The van der Waals surface area contributed by atoms with E-state index in [0.717, 1.165) is 10.0 Å². The molecule has 0 radical (unpaired) electrons. The second kappa shape index (κ2) is 6.69. The molecule has 0 bridgehead atoms. The Morgan fingerprint density at radius 2 is 1.58 bits per heavy atom. The predicted octanol–water partition coefficient (Wildman–Crippen LogP) is 5.38. The van der Waals surface area contributed by atoms with E-state index in [4.69, 9.17) is 11.6 Å². The lowest BCUT2D eigenvalue weighted by atomic mass is 10.0. The number of alkyl halides is 2. The van der Waals surface area contributed by atoms with E-state index in [1.165, 1.54) is 0 Å². The Labute approximate surface area is 134 Å². The molecule has 2 aromatic carbocycles. The predicted molar refractivity (Wildman–Crippen MR) is 86.2 cm³/mol. The van der Waals surface area contributed by atoms with Gasteiger partial charge in [-0.3, -0.25) is 4.79 Å². The first-order valence-electron chi connectivity index (χ1n) is 5.72. The summed E-state index contributed by atoms with van der Waals surface area (Å²) >= 11 is 13.2. The molecule has 0 aliphatic rings. The molecule has 2 atom stereocenters. The van der Waals surface area contributed by atoms with Crippen molar-refractivity contribution < 1.29 is 4.79 Å². The number of rotatable bonds is 4. The third kappa shape index (κ3) is 3.68. The van der Waals surface area contributed by atoms with Gasteiger partial charge in [0.25, 0.3) is 0 Å². The largest absolute Gasteiger partial charge is 0.293 e. The molecule has 98 valence electrons. The standard InChI is InChI=1S/C15H11Br2ClO/c16-12-8-6-10(7-9-12)14(18)13(17)15(19)11-4-2-1-3-5-11/h1-9,13-14H/t13-,14-/m1/s1. The van der Waals surface area contributed by atoms with Crippen molar-refractivity contribution in [2.45, 2.75) is 10.2 Å². The van der Waals surface area contributed by atoms with Crippen LogP contribution in [0.4, 0.5) is 0 Å². The number of carbonyl (C=O) groups is 1. The maximum absolute atomic E-state index is 12.3. The van der Waals surface area contributed by atoms with Crippen molar-refractivity contribution in [3.8, 4) is 0 Å². The van der Waals surface area contributed by atoms with Crippen LogP contribution in [0.15, 0.2) is 59.1 Å². The lowest BCUT2D eigenvalue weighted by Crippen LogP contribution is -2.19. The maximum Gasteiger partial charge on any atom is 0.178 e. The van der Waals surface area contributed by atoms with E-state index in [2.05, 4.69) is 31.9 Å². The quantitative estimate of drug-likeness (QED) is 0.496. The zero-order chi connectivity index (χ0) is 13.8. The molecule has 2 aromatic rings. The molecule has 0 heterocycles. The van der Waals surface area contributed by atoms with Gasteiger partial charge in [0.05, 0.1) is 10.2 Å². The Hall–Kier alpha value is -0.640. The highest BCUT2D eigenvalue weighted by Crippen LogP contribution is 2.32. The Morgan fingerprint density at radius 1 is 1.00 bits per heavy atom. The summed E-state index contributed by atoms with van der Waals surface area (Å²) in [6.45, 7) is 0. The molecule has 19 heavy (non-hydrogen) atoms. The molecular formula is C15H11Br2ClO. The van der Waals surface area contributed by atoms with Gasteiger partial charge in [-0.2, -0.15) is 0 Å². The molecule has 0 saturated heterocycles. The van der Waals surface area contributed by atoms with Crippen molar-refractivity contribution in [2.75, 3.05) is 0 Å². The second-order valence-electron chi connectivity index (χ2n) is 4.09. The monoisotopic (exact) mass is 400 g/mol. The van der Waals surface area contributed by atoms with Crippen LogP contribution in [0, 0.1) is 0 Å². The van der Waals surface area contributed by atoms with Crippen molar-refractivity contribution >= 4 is 49.2 Å². The van der Waals surface area contributed by atoms with Crippen LogP contribution in [0.25, 0.3) is 0 Å². The first-order valence-corrected chi connectivity index (χ1v) is 7.87. The number of hydrogen-bond acceptors (Lipinski definition) is 1. The third-order valence-electron chi connectivity index (χ3n) is 2.75. The highest BCUT2D eigenvalue weighted by molar-refractivity contribution is 9.10. The number of carbonyl (C=O) groups excluding carboxylic acids is 1. The molecule has 0 aliphatic carbocycles. The maximum atomic E-state index is 12.3. The molecule has 0 spiro atoms. The Morgan fingerprint density at radius 3 is 2.16 bits per heavy atom. The number of ketones is 1. The van der Waals surface area contributed by atoms with E-state index < -0.39 is 10.2 Å². The van der Waals surface area contributed by atoms with Crippen LogP contribution in [0.1, 0.15) is 21.3 Å². The lowest BCUT2D eigenvalue weighted by molar-refractivity contribution is 0.0990. The fraction of sp³-hybridized carbons (Fsp3) is 0.133. The fourth-order valence-corrected chi connectivity index (χ4v) is 2.80. The highest BCUT2D eigenvalue weighted by Gasteiger charge is 2.26. The summed E-state index contributed by atoms with van der Waals surface area (Å²) in [4.78, 5) is 11.8. The van der Waals surface area contributed by atoms with Gasteiger partial charge in [-0.05, 0) is 17.7 Å². The zero-order valence-corrected chi connectivity index (χ0v) is 13.8. The van der Waals surface area contributed by atoms with Crippen LogP contribution >= 0.6 is 43.5 Å². The summed E-state index contributed by atoms with van der Waals surface area (Å²) in [5, 5.41) is -0.402.